The number of thioether (sulfide) groups is 1. The summed E-state index contributed by atoms with van der Waals surface area (Å²) in [7, 11) is 0. The molecule has 41 heavy (non-hydrogen) atoms. The van der Waals surface area contributed by atoms with Gasteiger partial charge in [-0.2, -0.15) is 5.10 Å². The number of nitrogens with zero attached hydrogens (tertiary/aromatic N) is 3. The van der Waals surface area contributed by atoms with Gasteiger partial charge in [0.25, 0.3) is 0 Å². The number of hydrogen-bond donors (Lipinski definition) is 2. The predicted molar refractivity (Wildman–Crippen MR) is 172 cm³/mol. The minimum atomic E-state index is -0.390. The third-order valence-corrected chi connectivity index (χ3v) is 7.07. The Labute approximate surface area is 248 Å². The highest BCUT2D eigenvalue weighted by Gasteiger charge is 2.22. The molecule has 2 heterocycles. The van der Waals surface area contributed by atoms with E-state index in [1.54, 1.807) is 23.0 Å². The third kappa shape index (κ3) is 8.38. The first-order valence-electron chi connectivity index (χ1n) is 13.4. The fraction of sp³-hybridized carbons (Fsp3) is 0.303. The molecule has 0 atom stereocenters. The molecule has 0 aliphatic carbocycles. The molecule has 2 N–H and O–H groups in total. The molecule has 0 radical (unpaired) electrons. The lowest BCUT2D eigenvalue weighted by Crippen LogP contribution is -2.21. The number of amides is 2. The lowest BCUT2D eigenvalue weighted by atomic mass is 9.92. The Balaban J connectivity index is 1.84. The van der Waals surface area contributed by atoms with E-state index in [0.717, 1.165) is 51.7 Å². The molecule has 1 aromatic carbocycles. The van der Waals surface area contributed by atoms with Gasteiger partial charge in [0, 0.05) is 33.8 Å². The first-order valence-corrected chi connectivity index (χ1v) is 14.6. The van der Waals surface area contributed by atoms with Crippen molar-refractivity contribution in [2.75, 3.05) is 16.9 Å². The van der Waals surface area contributed by atoms with Crippen molar-refractivity contribution in [2.45, 2.75) is 64.7 Å². The summed E-state index contributed by atoms with van der Waals surface area (Å²) in [6, 6.07) is 8.97. The van der Waals surface area contributed by atoms with Crippen LogP contribution in [0.25, 0.3) is 5.70 Å². The normalized spacial score (nSPS) is 11.8. The number of hydrogen-bond acceptors (Lipinski definition) is 5. The molecule has 0 spiro atoms. The molecular formula is C33H39N5O2S. The maximum atomic E-state index is 13.2. The number of aromatic nitrogens is 3. The fourth-order valence-corrected chi connectivity index (χ4v) is 4.58. The van der Waals surface area contributed by atoms with Crippen molar-refractivity contribution in [3.63, 3.8) is 0 Å². The number of urea groups is 1. The zero-order valence-corrected chi connectivity index (χ0v) is 25.8. The van der Waals surface area contributed by atoms with Gasteiger partial charge in [-0.1, -0.05) is 38.3 Å². The highest BCUT2D eigenvalue weighted by molar-refractivity contribution is 7.98. The zero-order chi connectivity index (χ0) is 30.2. The van der Waals surface area contributed by atoms with Crippen LogP contribution < -0.4 is 15.4 Å². The number of aryl methyl sites for hydroxylation is 1. The van der Waals surface area contributed by atoms with Crippen LogP contribution in [0.1, 0.15) is 58.0 Å². The van der Waals surface area contributed by atoms with Crippen LogP contribution in [0.2, 0.25) is 0 Å². The minimum absolute atomic E-state index is 0.216. The Hall–Kier alpha value is -4.22. The molecule has 2 aromatic heterocycles. The van der Waals surface area contributed by atoms with Gasteiger partial charge in [0.15, 0.2) is 0 Å². The van der Waals surface area contributed by atoms with Gasteiger partial charge in [-0.3, -0.25) is 10.3 Å². The average molecular weight is 570 g/mol. The van der Waals surface area contributed by atoms with E-state index in [1.807, 2.05) is 63.4 Å². The molecule has 0 unspecified atom stereocenters. The van der Waals surface area contributed by atoms with Crippen LogP contribution in [0.3, 0.4) is 0 Å². The summed E-state index contributed by atoms with van der Waals surface area (Å²) in [4.78, 5) is 18.5. The molecular weight excluding hydrogens is 530 g/mol. The Kier molecular flexibility index (Phi) is 10.6. The zero-order valence-electron chi connectivity index (χ0n) is 25.0. The van der Waals surface area contributed by atoms with Crippen LogP contribution in [0, 0.1) is 19.3 Å². The summed E-state index contributed by atoms with van der Waals surface area (Å²) in [6.07, 6.45) is 16.1. The van der Waals surface area contributed by atoms with Gasteiger partial charge >= 0.3 is 6.03 Å². The van der Waals surface area contributed by atoms with Gasteiger partial charge in [0.2, 0.25) is 0 Å². The minimum Gasteiger partial charge on any atom is -0.457 e. The van der Waals surface area contributed by atoms with Crippen molar-refractivity contribution in [1.82, 2.24) is 14.8 Å². The van der Waals surface area contributed by atoms with Crippen LogP contribution in [0.5, 0.6) is 11.5 Å². The number of ether oxygens (including phenoxy) is 1. The summed E-state index contributed by atoms with van der Waals surface area (Å²) in [5.41, 5.74) is 5.14. The summed E-state index contributed by atoms with van der Waals surface area (Å²) in [6.45, 7) is 16.1. The fourth-order valence-electron chi connectivity index (χ4n) is 4.00. The number of nitrogens with one attached hydrogen (secondary N) is 2. The van der Waals surface area contributed by atoms with E-state index >= 15 is 0 Å². The van der Waals surface area contributed by atoms with Crippen LogP contribution >= 0.6 is 11.8 Å². The Morgan fingerprint density at radius 3 is 2.63 bits per heavy atom. The van der Waals surface area contributed by atoms with Crippen molar-refractivity contribution >= 4 is 35.0 Å². The Bertz CT molecular complexity index is 1520. The van der Waals surface area contributed by atoms with Crippen molar-refractivity contribution in [1.29, 1.82) is 0 Å². The van der Waals surface area contributed by atoms with Crippen molar-refractivity contribution in [3.05, 3.63) is 83.9 Å². The maximum Gasteiger partial charge on any atom is 0.324 e. The van der Waals surface area contributed by atoms with Crippen molar-refractivity contribution in [3.8, 4) is 23.8 Å². The Morgan fingerprint density at radius 1 is 1.24 bits per heavy atom. The molecule has 0 fully saturated rings. The number of allylic oxidation sites excluding steroid dienone is 5. The SMILES string of the molecule is C#C/C=C\C(=C/C)n1nc(C(C)(C)C)cc1NC(=O)Nc1ccc(Oc2ccnc(C)c2CCC(=C)C)cc1SC. The molecule has 0 bridgehead atoms. The Morgan fingerprint density at radius 2 is 2.00 bits per heavy atom. The highest BCUT2D eigenvalue weighted by atomic mass is 32.2. The smallest absolute Gasteiger partial charge is 0.324 e. The highest BCUT2D eigenvalue weighted by Crippen LogP contribution is 2.34. The number of pyridine rings is 1. The molecule has 2 amide bonds. The molecule has 8 heteroatoms. The van der Waals surface area contributed by atoms with E-state index in [1.165, 1.54) is 11.8 Å². The van der Waals surface area contributed by atoms with E-state index in [2.05, 4.69) is 48.9 Å². The second-order valence-electron chi connectivity index (χ2n) is 10.7. The van der Waals surface area contributed by atoms with Crippen LogP contribution in [-0.4, -0.2) is 27.1 Å². The molecule has 0 saturated carbocycles. The van der Waals surface area contributed by atoms with Gasteiger partial charge < -0.3 is 10.1 Å². The van der Waals surface area contributed by atoms with Gasteiger partial charge in [-0.05, 0) is 76.3 Å². The van der Waals surface area contributed by atoms with E-state index in [-0.39, 0.29) is 5.41 Å². The number of terminal acetylenes is 1. The van der Waals surface area contributed by atoms with E-state index in [9.17, 15) is 4.79 Å². The second-order valence-corrected chi connectivity index (χ2v) is 11.5. The number of benzene rings is 1. The average Bonchev–Trinajstić information content (AvgIpc) is 3.33. The maximum absolute atomic E-state index is 13.2. The summed E-state index contributed by atoms with van der Waals surface area (Å²) in [5, 5.41) is 10.7. The summed E-state index contributed by atoms with van der Waals surface area (Å²) < 4.78 is 7.98. The molecule has 0 aliphatic heterocycles. The third-order valence-electron chi connectivity index (χ3n) is 6.29. The summed E-state index contributed by atoms with van der Waals surface area (Å²) in [5.74, 6) is 4.47. The van der Waals surface area contributed by atoms with Crippen LogP contribution in [0.15, 0.2) is 71.8 Å². The van der Waals surface area contributed by atoms with Gasteiger partial charge in [0.05, 0.1) is 17.1 Å². The molecule has 3 aromatic rings. The van der Waals surface area contributed by atoms with E-state index in [0.29, 0.717) is 17.3 Å². The van der Waals surface area contributed by atoms with Gasteiger partial charge in [-0.25, -0.2) is 9.48 Å². The van der Waals surface area contributed by atoms with Crippen molar-refractivity contribution in [2.24, 2.45) is 0 Å². The molecule has 0 aliphatic rings. The standard InChI is InChI=1S/C33H39N5O2S/c1-10-12-13-24(11-2)38-31(21-30(37-38)33(6,7)8)36-32(39)35-27-17-15-25(20-29(27)41-9)40-28-18-19-34-23(5)26(28)16-14-22(3)4/h1,11-13,15,17-21H,3,14,16H2,2,4-9H3,(H2,35,36,39)/b13-12-,24-11+. The first kappa shape index (κ1) is 31.3. The van der Waals surface area contributed by atoms with E-state index < -0.39 is 6.03 Å². The van der Waals surface area contributed by atoms with Crippen LogP contribution in [-0.2, 0) is 11.8 Å². The second kappa shape index (κ2) is 13.9. The molecule has 3 rings (SSSR count). The number of carbonyl (C=O) groups excluding carboxylic acids is 1. The predicted octanol–water partition coefficient (Wildman–Crippen LogP) is 8.60. The number of carbonyl (C=O) groups is 1. The topological polar surface area (TPSA) is 81.1 Å². The van der Waals surface area contributed by atoms with Gasteiger partial charge in [0.1, 0.15) is 17.3 Å². The molecule has 0 saturated heterocycles. The number of rotatable bonds is 10. The quantitative estimate of drug-likeness (QED) is 0.111. The lowest BCUT2D eigenvalue weighted by molar-refractivity contribution is 0.262. The molecule has 214 valence electrons. The van der Waals surface area contributed by atoms with Crippen LogP contribution in [0.4, 0.5) is 16.3 Å². The lowest BCUT2D eigenvalue weighted by Gasteiger charge is -2.16. The monoisotopic (exact) mass is 569 g/mol. The number of anilines is 2. The van der Waals surface area contributed by atoms with Crippen molar-refractivity contribution < 1.29 is 9.53 Å². The van der Waals surface area contributed by atoms with E-state index in [4.69, 9.17) is 16.3 Å². The molecule has 7 nitrogen and oxygen atoms in total. The van der Waals surface area contributed by atoms with Gasteiger partial charge in [-0.15, -0.1) is 24.8 Å². The first-order chi connectivity index (χ1) is 19.5. The summed E-state index contributed by atoms with van der Waals surface area (Å²) >= 11 is 1.52. The largest absolute Gasteiger partial charge is 0.457 e.